The van der Waals surface area contributed by atoms with Crippen LogP contribution in [0, 0.1) is 0 Å². The van der Waals surface area contributed by atoms with Crippen LogP contribution < -0.4 is 15.8 Å². The lowest BCUT2D eigenvalue weighted by Crippen LogP contribution is -2.36. The van der Waals surface area contributed by atoms with Gasteiger partial charge in [0.2, 0.25) is 0 Å². The minimum Gasteiger partial charge on any atom is -0.378 e. The third-order valence-electron chi connectivity index (χ3n) is 3.42. The van der Waals surface area contributed by atoms with Crippen LogP contribution >= 0.6 is 0 Å². The molecule has 7 nitrogen and oxygen atoms in total. The predicted octanol–water partition coefficient (Wildman–Crippen LogP) is 0.859. The normalized spacial score (nSPS) is 14.6. The molecule has 2 N–H and O–H groups in total. The monoisotopic (exact) mass is 300 g/mol. The zero-order chi connectivity index (χ0) is 15.4. The van der Waals surface area contributed by atoms with E-state index in [2.05, 4.69) is 20.4 Å². The van der Waals surface area contributed by atoms with Crippen LogP contribution in [0.2, 0.25) is 0 Å². The molecule has 0 spiro atoms. The highest BCUT2D eigenvalue weighted by atomic mass is 16.5. The van der Waals surface area contributed by atoms with E-state index in [0.717, 1.165) is 18.8 Å². The van der Waals surface area contributed by atoms with E-state index in [1.54, 1.807) is 0 Å². The average Bonchev–Trinajstić information content (AvgIpc) is 2.57. The summed E-state index contributed by atoms with van der Waals surface area (Å²) in [5, 5.41) is 8.82. The number of anilines is 2. The summed E-state index contributed by atoms with van der Waals surface area (Å²) < 4.78 is 5.35. The fraction of sp³-hybridized carbons (Fsp3) is 0.267. The molecule has 0 unspecified atom stereocenters. The molecule has 1 aliphatic rings. The number of carbonyl (C=O) groups is 1. The second-order valence-electron chi connectivity index (χ2n) is 4.88. The number of aromatic amines is 1. The van der Waals surface area contributed by atoms with Crippen molar-refractivity contribution in [2.45, 2.75) is 0 Å². The maximum absolute atomic E-state index is 12.2. The van der Waals surface area contributed by atoms with E-state index in [-0.39, 0.29) is 17.2 Å². The minimum atomic E-state index is -0.364. The number of rotatable bonds is 3. The van der Waals surface area contributed by atoms with Crippen molar-refractivity contribution in [3.8, 4) is 0 Å². The summed E-state index contributed by atoms with van der Waals surface area (Å²) in [5.74, 6) is -0.364. The molecule has 22 heavy (non-hydrogen) atoms. The molecule has 1 amide bonds. The molecule has 0 aliphatic carbocycles. The first-order valence-electron chi connectivity index (χ1n) is 7.03. The van der Waals surface area contributed by atoms with Crippen molar-refractivity contribution < 1.29 is 9.53 Å². The molecule has 7 heteroatoms. The van der Waals surface area contributed by atoms with Crippen LogP contribution in [0.1, 0.15) is 10.5 Å². The highest BCUT2D eigenvalue weighted by molar-refractivity contribution is 6.04. The highest BCUT2D eigenvalue weighted by Crippen LogP contribution is 2.26. The fourth-order valence-corrected chi connectivity index (χ4v) is 2.32. The van der Waals surface area contributed by atoms with Crippen LogP contribution in [0.15, 0.2) is 41.2 Å². The molecular weight excluding hydrogens is 284 g/mol. The average molecular weight is 300 g/mol. The number of hydrogen-bond acceptors (Lipinski definition) is 5. The van der Waals surface area contributed by atoms with E-state index >= 15 is 0 Å². The maximum atomic E-state index is 12.2. The van der Waals surface area contributed by atoms with E-state index in [9.17, 15) is 9.59 Å². The van der Waals surface area contributed by atoms with Gasteiger partial charge in [-0.05, 0) is 18.2 Å². The molecule has 0 bridgehead atoms. The van der Waals surface area contributed by atoms with Crippen LogP contribution in [0.25, 0.3) is 0 Å². The maximum Gasteiger partial charge on any atom is 0.276 e. The zero-order valence-electron chi connectivity index (χ0n) is 11.9. The Bertz CT molecular complexity index is 702. The topological polar surface area (TPSA) is 87.3 Å². The predicted molar refractivity (Wildman–Crippen MR) is 82.3 cm³/mol. The molecule has 1 aliphatic heterocycles. The van der Waals surface area contributed by atoms with Gasteiger partial charge in [0.1, 0.15) is 5.69 Å². The summed E-state index contributed by atoms with van der Waals surface area (Å²) >= 11 is 0. The Labute approximate surface area is 126 Å². The van der Waals surface area contributed by atoms with Crippen molar-refractivity contribution >= 4 is 17.3 Å². The van der Waals surface area contributed by atoms with E-state index in [4.69, 9.17) is 4.74 Å². The smallest absolute Gasteiger partial charge is 0.276 e. The largest absolute Gasteiger partial charge is 0.378 e. The number of carbonyl (C=O) groups excluding carboxylic acids is 1. The Morgan fingerprint density at radius 2 is 1.95 bits per heavy atom. The molecule has 2 heterocycles. The van der Waals surface area contributed by atoms with Crippen LogP contribution in [-0.4, -0.2) is 42.4 Å². The van der Waals surface area contributed by atoms with Gasteiger partial charge in [0.05, 0.1) is 24.6 Å². The van der Waals surface area contributed by atoms with E-state index in [0.29, 0.717) is 18.9 Å². The van der Waals surface area contributed by atoms with Crippen LogP contribution in [0.3, 0.4) is 0 Å². The number of morpholine rings is 1. The second-order valence-corrected chi connectivity index (χ2v) is 4.88. The molecule has 1 saturated heterocycles. The van der Waals surface area contributed by atoms with Crippen molar-refractivity contribution in [2.24, 2.45) is 0 Å². The number of ether oxygens (including phenoxy) is 1. The number of aromatic nitrogens is 2. The Kier molecular flexibility index (Phi) is 4.15. The first kappa shape index (κ1) is 14.3. The lowest BCUT2D eigenvalue weighted by Gasteiger charge is -2.30. The Hall–Kier alpha value is -2.67. The van der Waals surface area contributed by atoms with Gasteiger partial charge in [0, 0.05) is 19.2 Å². The number of hydrogen-bond donors (Lipinski definition) is 2. The lowest BCUT2D eigenvalue weighted by molar-refractivity contribution is 0.102. The van der Waals surface area contributed by atoms with Crippen molar-refractivity contribution in [3.05, 3.63) is 52.4 Å². The molecule has 114 valence electrons. The molecular formula is C15H16N4O3. The van der Waals surface area contributed by atoms with Gasteiger partial charge in [-0.3, -0.25) is 9.59 Å². The van der Waals surface area contributed by atoms with Gasteiger partial charge < -0.3 is 15.0 Å². The third kappa shape index (κ3) is 3.15. The van der Waals surface area contributed by atoms with E-state index < -0.39 is 0 Å². The number of amides is 1. The number of H-pyrrole nitrogens is 1. The van der Waals surface area contributed by atoms with E-state index in [1.165, 1.54) is 12.1 Å². The molecule has 2 aromatic rings. The van der Waals surface area contributed by atoms with Crippen molar-refractivity contribution in [1.82, 2.24) is 10.2 Å². The Morgan fingerprint density at radius 3 is 2.68 bits per heavy atom. The Balaban J connectivity index is 1.81. The first-order valence-corrected chi connectivity index (χ1v) is 7.03. The van der Waals surface area contributed by atoms with Crippen molar-refractivity contribution in [2.75, 3.05) is 36.5 Å². The molecule has 3 rings (SSSR count). The molecule has 1 aromatic heterocycles. The van der Waals surface area contributed by atoms with Gasteiger partial charge in [0.25, 0.3) is 11.5 Å². The molecule has 1 fully saturated rings. The summed E-state index contributed by atoms with van der Waals surface area (Å²) in [4.78, 5) is 25.4. The lowest BCUT2D eigenvalue weighted by atomic mass is 10.2. The molecule has 0 radical (unpaired) electrons. The third-order valence-corrected chi connectivity index (χ3v) is 3.42. The highest BCUT2D eigenvalue weighted by Gasteiger charge is 2.16. The summed E-state index contributed by atoms with van der Waals surface area (Å²) in [6, 6.07) is 10.3. The summed E-state index contributed by atoms with van der Waals surface area (Å²) in [7, 11) is 0. The zero-order valence-corrected chi connectivity index (χ0v) is 11.9. The van der Waals surface area contributed by atoms with E-state index in [1.807, 2.05) is 24.3 Å². The van der Waals surface area contributed by atoms with Gasteiger partial charge in [0.15, 0.2) is 0 Å². The molecule has 0 atom stereocenters. The first-order chi connectivity index (χ1) is 10.7. The quantitative estimate of drug-likeness (QED) is 0.878. The summed E-state index contributed by atoms with van der Waals surface area (Å²) in [5.41, 5.74) is 1.48. The van der Waals surface area contributed by atoms with Crippen LogP contribution in [-0.2, 0) is 4.74 Å². The Morgan fingerprint density at radius 1 is 1.18 bits per heavy atom. The molecule has 0 saturated carbocycles. The number of nitrogens with one attached hydrogen (secondary N) is 2. The van der Waals surface area contributed by atoms with Crippen molar-refractivity contribution in [1.29, 1.82) is 0 Å². The van der Waals surface area contributed by atoms with Gasteiger partial charge in [-0.25, -0.2) is 5.10 Å². The van der Waals surface area contributed by atoms with Gasteiger partial charge in [-0.15, -0.1) is 0 Å². The summed E-state index contributed by atoms with van der Waals surface area (Å²) in [6.45, 7) is 2.90. The number of para-hydroxylation sites is 2. The molecule has 1 aromatic carbocycles. The van der Waals surface area contributed by atoms with Crippen LogP contribution in [0.4, 0.5) is 11.4 Å². The van der Waals surface area contributed by atoms with Crippen LogP contribution in [0.5, 0.6) is 0 Å². The summed E-state index contributed by atoms with van der Waals surface area (Å²) in [6.07, 6.45) is 0. The van der Waals surface area contributed by atoms with Gasteiger partial charge >= 0.3 is 0 Å². The second kappa shape index (κ2) is 6.40. The van der Waals surface area contributed by atoms with Gasteiger partial charge in [-0.1, -0.05) is 12.1 Å². The standard InChI is InChI=1S/C15H16N4O3/c20-14-6-5-12(17-18-14)15(21)16-11-3-1-2-4-13(11)19-7-9-22-10-8-19/h1-6H,7-10H2,(H,16,21)(H,18,20). The SMILES string of the molecule is O=C(Nc1ccccc1N1CCOCC1)c1ccc(=O)[nH]n1. The fourth-order valence-electron chi connectivity index (χ4n) is 2.32. The number of nitrogens with zero attached hydrogens (tertiary/aromatic N) is 2. The van der Waals surface area contributed by atoms with Gasteiger partial charge in [-0.2, -0.15) is 5.10 Å². The van der Waals surface area contributed by atoms with Crippen molar-refractivity contribution in [3.63, 3.8) is 0 Å². The minimum absolute atomic E-state index is 0.163. The number of benzene rings is 1.